The molecule has 0 aliphatic carbocycles. The lowest BCUT2D eigenvalue weighted by Gasteiger charge is -2.15. The van der Waals surface area contributed by atoms with Crippen molar-refractivity contribution in [2.45, 2.75) is 46.0 Å². The summed E-state index contributed by atoms with van der Waals surface area (Å²) in [5.74, 6) is 0.263. The summed E-state index contributed by atoms with van der Waals surface area (Å²) in [5, 5.41) is 8.68. The van der Waals surface area contributed by atoms with Crippen molar-refractivity contribution in [3.05, 3.63) is 41.2 Å². The number of carbonyl (C=O) groups excluding carboxylic acids is 2. The summed E-state index contributed by atoms with van der Waals surface area (Å²) < 4.78 is 1.89. The van der Waals surface area contributed by atoms with Crippen molar-refractivity contribution in [2.24, 2.45) is 0 Å². The summed E-state index contributed by atoms with van der Waals surface area (Å²) in [7, 11) is 0. The van der Waals surface area contributed by atoms with Gasteiger partial charge in [0.25, 0.3) is 0 Å². The predicted octanol–water partition coefficient (Wildman–Crippen LogP) is 2.56. The van der Waals surface area contributed by atoms with Gasteiger partial charge in [0.1, 0.15) is 0 Å². The van der Waals surface area contributed by atoms with Gasteiger partial charge in [0.15, 0.2) is 5.65 Å². The zero-order valence-corrected chi connectivity index (χ0v) is 17.1. The van der Waals surface area contributed by atoms with Crippen LogP contribution in [0.25, 0.3) is 16.6 Å². The van der Waals surface area contributed by atoms with E-state index in [2.05, 4.69) is 10.4 Å². The molecule has 1 N–H and O–H groups in total. The Kier molecular flexibility index (Phi) is 5.47. The Hall–Kier alpha value is -2.96. The van der Waals surface area contributed by atoms with Crippen LogP contribution in [0.2, 0.25) is 0 Å². The van der Waals surface area contributed by atoms with Crippen LogP contribution in [0, 0.1) is 13.8 Å². The number of nitrogens with zero attached hydrogens (tertiary/aromatic N) is 4. The molecule has 0 saturated carbocycles. The number of aryl methyl sites for hydroxylation is 2. The molecule has 1 aliphatic heterocycles. The maximum absolute atomic E-state index is 12.3. The third-order valence-electron chi connectivity index (χ3n) is 5.72. The van der Waals surface area contributed by atoms with E-state index in [1.165, 1.54) is 0 Å². The maximum Gasteiger partial charge on any atom is 0.222 e. The van der Waals surface area contributed by atoms with Gasteiger partial charge in [-0.3, -0.25) is 9.59 Å². The highest BCUT2D eigenvalue weighted by Crippen LogP contribution is 2.22. The van der Waals surface area contributed by atoms with E-state index in [9.17, 15) is 9.59 Å². The fourth-order valence-electron chi connectivity index (χ4n) is 4.10. The molecule has 7 heteroatoms. The summed E-state index contributed by atoms with van der Waals surface area (Å²) in [6.07, 6.45) is 3.46. The first-order chi connectivity index (χ1) is 14.0. The number of hydrogen-bond donors (Lipinski definition) is 1. The molecular formula is C22H27N5O2. The highest BCUT2D eigenvalue weighted by molar-refractivity contribution is 5.92. The monoisotopic (exact) mass is 393 g/mol. The molecule has 1 aliphatic rings. The molecule has 0 unspecified atom stereocenters. The van der Waals surface area contributed by atoms with Gasteiger partial charge in [-0.15, -0.1) is 0 Å². The van der Waals surface area contributed by atoms with Crippen molar-refractivity contribution >= 4 is 28.4 Å². The quantitative estimate of drug-likeness (QED) is 0.626. The molecule has 1 saturated heterocycles. The molecule has 3 aromatic rings. The number of aromatic nitrogens is 3. The molecule has 152 valence electrons. The summed E-state index contributed by atoms with van der Waals surface area (Å²) in [6, 6.07) is 7.99. The fourth-order valence-corrected chi connectivity index (χ4v) is 4.10. The van der Waals surface area contributed by atoms with Gasteiger partial charge in [0.05, 0.1) is 5.52 Å². The third-order valence-corrected chi connectivity index (χ3v) is 5.72. The van der Waals surface area contributed by atoms with Crippen LogP contribution < -0.4 is 5.32 Å². The van der Waals surface area contributed by atoms with E-state index in [0.29, 0.717) is 25.8 Å². The Morgan fingerprint density at radius 1 is 1.24 bits per heavy atom. The molecule has 1 aromatic carbocycles. The van der Waals surface area contributed by atoms with Crippen LogP contribution in [0.5, 0.6) is 0 Å². The van der Waals surface area contributed by atoms with Crippen molar-refractivity contribution in [2.75, 3.05) is 19.6 Å². The predicted molar refractivity (Wildman–Crippen MR) is 112 cm³/mol. The van der Waals surface area contributed by atoms with Crippen molar-refractivity contribution in [1.29, 1.82) is 0 Å². The van der Waals surface area contributed by atoms with Crippen molar-refractivity contribution in [1.82, 2.24) is 24.8 Å². The van der Waals surface area contributed by atoms with Gasteiger partial charge in [-0.05, 0) is 50.8 Å². The summed E-state index contributed by atoms with van der Waals surface area (Å²) in [4.78, 5) is 30.5. The molecule has 0 spiro atoms. The van der Waals surface area contributed by atoms with E-state index >= 15 is 0 Å². The zero-order chi connectivity index (χ0) is 20.4. The van der Waals surface area contributed by atoms with Gasteiger partial charge >= 0.3 is 0 Å². The van der Waals surface area contributed by atoms with E-state index in [4.69, 9.17) is 4.98 Å². The van der Waals surface area contributed by atoms with Crippen LogP contribution in [0.3, 0.4) is 0 Å². The first-order valence-electron chi connectivity index (χ1n) is 10.3. The van der Waals surface area contributed by atoms with Crippen molar-refractivity contribution in [3.63, 3.8) is 0 Å². The smallest absolute Gasteiger partial charge is 0.222 e. The number of fused-ring (bicyclic) bond motifs is 3. The number of likely N-dealkylation sites (tertiary alicyclic amines) is 1. The molecule has 4 rings (SSSR count). The first kappa shape index (κ1) is 19.4. The average molecular weight is 393 g/mol. The minimum atomic E-state index is 0.0299. The zero-order valence-electron chi connectivity index (χ0n) is 17.1. The third kappa shape index (κ3) is 3.95. The lowest BCUT2D eigenvalue weighted by Crippen LogP contribution is -2.30. The molecule has 0 atom stereocenters. The molecule has 7 nitrogen and oxygen atoms in total. The largest absolute Gasteiger partial charge is 0.356 e. The van der Waals surface area contributed by atoms with E-state index in [-0.39, 0.29) is 11.8 Å². The average Bonchev–Trinajstić information content (AvgIpc) is 3.29. The Morgan fingerprint density at radius 3 is 2.86 bits per heavy atom. The SMILES string of the molecule is Cc1nc2c3ccccc3nn2c(C)c1CCC(=O)NCCCN1CCCC1=O. The number of nitrogens with one attached hydrogen (secondary N) is 1. The van der Waals surface area contributed by atoms with Crippen molar-refractivity contribution in [3.8, 4) is 0 Å². The van der Waals surface area contributed by atoms with Crippen LogP contribution in [0.4, 0.5) is 0 Å². The van der Waals surface area contributed by atoms with Crippen LogP contribution in [-0.4, -0.2) is 50.9 Å². The minimum Gasteiger partial charge on any atom is -0.356 e. The molecule has 0 bridgehead atoms. The number of rotatable bonds is 7. The number of amides is 2. The number of carbonyl (C=O) groups is 2. The standard InChI is InChI=1S/C22H27N5O2/c1-15-17(10-11-20(28)23-12-6-14-26-13-5-9-21(26)29)16(2)27-22(24-15)18-7-3-4-8-19(18)25-27/h3-4,7-8H,5-6,9-14H2,1-2H3,(H,23,28). The van der Waals surface area contributed by atoms with E-state index in [0.717, 1.165) is 59.4 Å². The van der Waals surface area contributed by atoms with Gasteiger partial charge in [0, 0.05) is 49.2 Å². The lowest BCUT2D eigenvalue weighted by molar-refractivity contribution is -0.127. The fraction of sp³-hybridized carbons (Fsp3) is 0.455. The van der Waals surface area contributed by atoms with E-state index < -0.39 is 0 Å². The molecule has 1 fully saturated rings. The van der Waals surface area contributed by atoms with Gasteiger partial charge in [-0.1, -0.05) is 12.1 Å². The second kappa shape index (κ2) is 8.19. The van der Waals surface area contributed by atoms with Gasteiger partial charge in [0.2, 0.25) is 11.8 Å². The minimum absolute atomic E-state index is 0.0299. The van der Waals surface area contributed by atoms with Gasteiger partial charge in [-0.25, -0.2) is 9.50 Å². The molecule has 0 radical (unpaired) electrons. The normalized spacial score (nSPS) is 14.3. The topological polar surface area (TPSA) is 79.6 Å². The maximum atomic E-state index is 12.3. The second-order valence-electron chi connectivity index (χ2n) is 7.70. The van der Waals surface area contributed by atoms with Crippen LogP contribution in [-0.2, 0) is 16.0 Å². The van der Waals surface area contributed by atoms with Gasteiger partial charge < -0.3 is 10.2 Å². The highest BCUT2D eigenvalue weighted by Gasteiger charge is 2.19. The summed E-state index contributed by atoms with van der Waals surface area (Å²) in [6.45, 7) is 6.21. The first-order valence-corrected chi connectivity index (χ1v) is 10.3. The lowest BCUT2D eigenvalue weighted by atomic mass is 10.1. The van der Waals surface area contributed by atoms with Gasteiger partial charge in [-0.2, -0.15) is 5.10 Å². The van der Waals surface area contributed by atoms with E-state index in [1.54, 1.807) is 0 Å². The highest BCUT2D eigenvalue weighted by atomic mass is 16.2. The van der Waals surface area contributed by atoms with E-state index in [1.807, 2.05) is 47.5 Å². The van der Waals surface area contributed by atoms with Crippen LogP contribution >= 0.6 is 0 Å². The molecule has 2 amide bonds. The Balaban J connectivity index is 1.36. The molecule has 3 heterocycles. The Labute approximate surface area is 170 Å². The number of benzene rings is 1. The molecular weight excluding hydrogens is 366 g/mol. The van der Waals surface area contributed by atoms with Crippen LogP contribution in [0.15, 0.2) is 24.3 Å². The Morgan fingerprint density at radius 2 is 2.07 bits per heavy atom. The van der Waals surface area contributed by atoms with Crippen molar-refractivity contribution < 1.29 is 9.59 Å². The summed E-state index contributed by atoms with van der Waals surface area (Å²) in [5.41, 5.74) is 4.84. The summed E-state index contributed by atoms with van der Waals surface area (Å²) >= 11 is 0. The second-order valence-corrected chi connectivity index (χ2v) is 7.70. The van der Waals surface area contributed by atoms with Crippen LogP contribution in [0.1, 0.15) is 42.6 Å². The number of hydrogen-bond acceptors (Lipinski definition) is 4. The molecule has 2 aromatic heterocycles. The Bertz CT molecular complexity index is 1070. The molecule has 29 heavy (non-hydrogen) atoms.